The minimum absolute atomic E-state index is 0.259. The van der Waals surface area contributed by atoms with Crippen LogP contribution >= 0.6 is 23.8 Å². The Balaban J connectivity index is 1.48. The second kappa shape index (κ2) is 7.50. The number of hydrogen-bond acceptors (Lipinski definition) is 3. The van der Waals surface area contributed by atoms with Crippen LogP contribution < -0.4 is 16.2 Å². The van der Waals surface area contributed by atoms with Crippen molar-refractivity contribution in [3.05, 3.63) is 70.9 Å². The number of hydrogen-bond donors (Lipinski definition) is 3. The molecule has 0 atom stereocenters. The molecular formula is C20H17ClN4OS. The number of hydrazine groups is 1. The van der Waals surface area contributed by atoms with Gasteiger partial charge in [-0.2, -0.15) is 0 Å². The van der Waals surface area contributed by atoms with Gasteiger partial charge in [0.25, 0.3) is 5.91 Å². The van der Waals surface area contributed by atoms with Gasteiger partial charge in [-0.3, -0.25) is 20.6 Å². The second-order valence-electron chi connectivity index (χ2n) is 6.43. The Bertz CT molecular complexity index is 1040. The van der Waals surface area contributed by atoms with Gasteiger partial charge >= 0.3 is 0 Å². The molecule has 0 spiro atoms. The lowest BCUT2D eigenvalue weighted by Crippen LogP contribution is -2.43. The lowest BCUT2D eigenvalue weighted by atomic mass is 10.1. The fourth-order valence-corrected chi connectivity index (χ4v) is 3.24. The molecule has 1 fully saturated rings. The quantitative estimate of drug-likeness (QED) is 0.452. The maximum Gasteiger partial charge on any atom is 0.270 e. The van der Waals surface area contributed by atoms with E-state index in [1.807, 2.05) is 42.5 Å². The van der Waals surface area contributed by atoms with Crippen LogP contribution in [0.3, 0.4) is 0 Å². The average Bonchev–Trinajstić information content (AvgIpc) is 3.50. The number of pyridine rings is 1. The van der Waals surface area contributed by atoms with E-state index < -0.39 is 0 Å². The summed E-state index contributed by atoms with van der Waals surface area (Å²) in [5.41, 5.74) is 8.51. The molecular weight excluding hydrogens is 380 g/mol. The molecule has 1 amide bonds. The summed E-state index contributed by atoms with van der Waals surface area (Å²) in [6, 6.07) is 16.7. The first-order valence-corrected chi connectivity index (χ1v) is 9.41. The van der Waals surface area contributed by atoms with Crippen molar-refractivity contribution in [2.24, 2.45) is 0 Å². The Morgan fingerprint density at radius 3 is 2.67 bits per heavy atom. The van der Waals surface area contributed by atoms with Crippen molar-refractivity contribution in [3.8, 4) is 0 Å². The molecule has 0 saturated heterocycles. The number of fused-ring (bicyclic) bond motifs is 1. The van der Waals surface area contributed by atoms with Crippen molar-refractivity contribution in [2.45, 2.75) is 18.8 Å². The molecule has 0 radical (unpaired) electrons. The molecule has 1 saturated carbocycles. The predicted molar refractivity (Wildman–Crippen MR) is 112 cm³/mol. The van der Waals surface area contributed by atoms with Crippen molar-refractivity contribution in [3.63, 3.8) is 0 Å². The van der Waals surface area contributed by atoms with Gasteiger partial charge in [-0.05, 0) is 55.4 Å². The number of aromatic nitrogens is 1. The van der Waals surface area contributed by atoms with Crippen molar-refractivity contribution >= 4 is 51.4 Å². The molecule has 27 heavy (non-hydrogen) atoms. The molecule has 2 aromatic carbocycles. The minimum atomic E-state index is -0.259. The third-order valence-electron chi connectivity index (χ3n) is 4.35. The average molecular weight is 397 g/mol. The number of anilines is 1. The van der Waals surface area contributed by atoms with E-state index in [4.69, 9.17) is 23.8 Å². The molecule has 1 aliphatic rings. The first-order valence-electron chi connectivity index (χ1n) is 8.63. The molecule has 1 aliphatic carbocycles. The zero-order valence-electron chi connectivity index (χ0n) is 14.3. The Kier molecular flexibility index (Phi) is 4.92. The summed E-state index contributed by atoms with van der Waals surface area (Å²) in [6.45, 7) is 0. The van der Waals surface area contributed by atoms with Crippen LogP contribution in [0.1, 0.15) is 34.8 Å². The van der Waals surface area contributed by atoms with E-state index in [0.717, 1.165) is 35.1 Å². The van der Waals surface area contributed by atoms with Crippen molar-refractivity contribution in [1.29, 1.82) is 0 Å². The summed E-state index contributed by atoms with van der Waals surface area (Å²) in [5, 5.41) is 4.66. The molecule has 1 aromatic heterocycles. The number of carbonyl (C=O) groups is 1. The number of thiocarbonyl (C=S) groups is 1. The van der Waals surface area contributed by atoms with Crippen LogP contribution in [0.15, 0.2) is 54.6 Å². The summed E-state index contributed by atoms with van der Waals surface area (Å²) >= 11 is 11.2. The highest BCUT2D eigenvalue weighted by Crippen LogP contribution is 2.40. The van der Waals surface area contributed by atoms with E-state index in [0.29, 0.717) is 16.5 Å². The second-order valence-corrected chi connectivity index (χ2v) is 7.27. The van der Waals surface area contributed by atoms with Crippen LogP contribution in [-0.2, 0) is 0 Å². The Morgan fingerprint density at radius 2 is 1.89 bits per heavy atom. The van der Waals surface area contributed by atoms with Gasteiger partial charge < -0.3 is 5.32 Å². The normalized spacial score (nSPS) is 13.2. The SMILES string of the molecule is O=C(NNC(=S)Nc1cccc(Cl)c1)c1cc(C2CC2)nc2ccccc12. The van der Waals surface area contributed by atoms with Gasteiger partial charge in [-0.25, -0.2) is 0 Å². The fraction of sp³-hybridized carbons (Fsp3) is 0.150. The number of rotatable bonds is 3. The third-order valence-corrected chi connectivity index (χ3v) is 4.79. The zero-order chi connectivity index (χ0) is 18.8. The molecule has 136 valence electrons. The lowest BCUT2D eigenvalue weighted by Gasteiger charge is -2.13. The molecule has 3 N–H and O–H groups in total. The maximum atomic E-state index is 12.8. The first-order chi connectivity index (χ1) is 13.1. The highest BCUT2D eigenvalue weighted by Gasteiger charge is 2.26. The number of nitrogens with zero attached hydrogens (tertiary/aromatic N) is 1. The van der Waals surface area contributed by atoms with Crippen LogP contribution in [0.25, 0.3) is 10.9 Å². The first kappa shape index (κ1) is 17.7. The van der Waals surface area contributed by atoms with Gasteiger partial charge in [0.2, 0.25) is 0 Å². The molecule has 0 unspecified atom stereocenters. The van der Waals surface area contributed by atoms with Gasteiger partial charge in [0.05, 0.1) is 11.1 Å². The highest BCUT2D eigenvalue weighted by atomic mass is 35.5. The topological polar surface area (TPSA) is 66.1 Å². The summed E-state index contributed by atoms with van der Waals surface area (Å²) in [7, 11) is 0. The van der Waals surface area contributed by atoms with Gasteiger partial charge in [-0.1, -0.05) is 35.9 Å². The molecule has 0 aliphatic heterocycles. The van der Waals surface area contributed by atoms with E-state index in [-0.39, 0.29) is 11.0 Å². The van der Waals surface area contributed by atoms with Crippen molar-refractivity contribution < 1.29 is 4.79 Å². The number of para-hydroxylation sites is 1. The van der Waals surface area contributed by atoms with E-state index in [9.17, 15) is 4.79 Å². The van der Waals surface area contributed by atoms with Gasteiger partial charge in [0.1, 0.15) is 0 Å². The van der Waals surface area contributed by atoms with Crippen molar-refractivity contribution in [2.75, 3.05) is 5.32 Å². The summed E-state index contributed by atoms with van der Waals surface area (Å²) < 4.78 is 0. The maximum absolute atomic E-state index is 12.8. The Labute approximate surface area is 167 Å². The molecule has 0 bridgehead atoms. The number of halogens is 1. The standard InChI is InChI=1S/C20H17ClN4OS/c21-13-4-3-5-14(10-13)22-20(27)25-24-19(26)16-11-18(12-8-9-12)23-17-7-2-1-6-15(16)17/h1-7,10-12H,8-9H2,(H,24,26)(H2,22,25,27). The van der Waals surface area contributed by atoms with Crippen LogP contribution in [0.2, 0.25) is 5.02 Å². The highest BCUT2D eigenvalue weighted by molar-refractivity contribution is 7.80. The van der Waals surface area contributed by atoms with Gasteiger partial charge in [-0.15, -0.1) is 0 Å². The van der Waals surface area contributed by atoms with E-state index >= 15 is 0 Å². The van der Waals surface area contributed by atoms with Crippen LogP contribution in [0.4, 0.5) is 5.69 Å². The number of amides is 1. The molecule has 7 heteroatoms. The van der Waals surface area contributed by atoms with Gasteiger partial charge in [0.15, 0.2) is 5.11 Å². The van der Waals surface area contributed by atoms with E-state index in [1.165, 1.54) is 0 Å². The molecule has 1 heterocycles. The molecule has 4 rings (SSSR count). The number of carbonyl (C=O) groups excluding carboxylic acids is 1. The Hall–Kier alpha value is -2.70. The monoisotopic (exact) mass is 396 g/mol. The summed E-state index contributed by atoms with van der Waals surface area (Å²) in [4.78, 5) is 17.4. The molecule has 5 nitrogen and oxygen atoms in total. The largest absolute Gasteiger partial charge is 0.331 e. The lowest BCUT2D eigenvalue weighted by molar-refractivity contribution is 0.0945. The van der Waals surface area contributed by atoms with Crippen molar-refractivity contribution in [1.82, 2.24) is 15.8 Å². The Morgan fingerprint density at radius 1 is 1.07 bits per heavy atom. The fourth-order valence-electron chi connectivity index (χ4n) is 2.88. The van der Waals surface area contributed by atoms with Gasteiger partial charge in [0, 0.05) is 27.7 Å². The van der Waals surface area contributed by atoms with Crippen LogP contribution in [0, 0.1) is 0 Å². The molecule has 3 aromatic rings. The number of nitrogens with one attached hydrogen (secondary N) is 3. The minimum Gasteiger partial charge on any atom is -0.331 e. The summed E-state index contributed by atoms with van der Waals surface area (Å²) in [6.07, 6.45) is 2.25. The predicted octanol–water partition coefficient (Wildman–Crippen LogP) is 4.40. The van der Waals surface area contributed by atoms with Crippen LogP contribution in [-0.4, -0.2) is 16.0 Å². The van der Waals surface area contributed by atoms with Crippen LogP contribution in [0.5, 0.6) is 0 Å². The number of benzene rings is 2. The van der Waals surface area contributed by atoms with E-state index in [1.54, 1.807) is 12.1 Å². The van der Waals surface area contributed by atoms with E-state index in [2.05, 4.69) is 21.2 Å². The smallest absolute Gasteiger partial charge is 0.270 e. The summed E-state index contributed by atoms with van der Waals surface area (Å²) in [5.74, 6) is 0.199. The zero-order valence-corrected chi connectivity index (χ0v) is 15.9. The third kappa shape index (κ3) is 4.18.